The van der Waals surface area contributed by atoms with E-state index in [0.29, 0.717) is 22.6 Å². The van der Waals surface area contributed by atoms with E-state index in [9.17, 15) is 4.39 Å². The third-order valence-electron chi connectivity index (χ3n) is 5.92. The fourth-order valence-electron chi connectivity index (χ4n) is 3.87. The predicted molar refractivity (Wildman–Crippen MR) is 137 cm³/mol. The number of hydrogen-bond donors (Lipinski definition) is 0. The van der Waals surface area contributed by atoms with E-state index in [1.54, 1.807) is 17.8 Å². The highest BCUT2D eigenvalue weighted by Gasteiger charge is 2.25. The average Bonchev–Trinajstić information content (AvgIpc) is 3.65. The molecule has 1 saturated carbocycles. The number of nitrogens with zero attached hydrogens (tertiary/aromatic N) is 3. The SMILES string of the molecule is CCC/C=C(\OC(C)C)N1CCC(Oc2ncnc(Oc3ccc(SC4CC4)cc3F)c2C)CC1. The van der Waals surface area contributed by atoms with Crippen LogP contribution in [0, 0.1) is 12.7 Å². The second kappa shape index (κ2) is 12.0. The lowest BCUT2D eigenvalue weighted by atomic mass is 10.1. The quantitative estimate of drug-likeness (QED) is 0.311. The Kier molecular flexibility index (Phi) is 8.76. The van der Waals surface area contributed by atoms with Crippen molar-refractivity contribution in [2.24, 2.45) is 0 Å². The molecule has 0 unspecified atom stereocenters. The summed E-state index contributed by atoms with van der Waals surface area (Å²) in [6, 6.07) is 5.10. The molecule has 2 fully saturated rings. The zero-order chi connectivity index (χ0) is 24.8. The molecule has 0 N–H and O–H groups in total. The van der Waals surface area contributed by atoms with Crippen LogP contribution in [0.15, 0.2) is 41.4 Å². The summed E-state index contributed by atoms with van der Waals surface area (Å²) >= 11 is 1.72. The van der Waals surface area contributed by atoms with E-state index in [1.807, 2.05) is 13.0 Å². The summed E-state index contributed by atoms with van der Waals surface area (Å²) in [6.45, 7) is 9.84. The van der Waals surface area contributed by atoms with Gasteiger partial charge < -0.3 is 19.1 Å². The fraction of sp³-hybridized carbons (Fsp3) is 0.556. The van der Waals surface area contributed by atoms with Gasteiger partial charge in [-0.15, -0.1) is 11.8 Å². The number of halogens is 1. The first-order chi connectivity index (χ1) is 16.9. The Morgan fingerprint density at radius 2 is 1.91 bits per heavy atom. The van der Waals surface area contributed by atoms with Gasteiger partial charge in [-0.3, -0.25) is 0 Å². The summed E-state index contributed by atoms with van der Waals surface area (Å²) in [5.74, 6) is 1.53. The Bertz CT molecular complexity index is 1020. The molecule has 1 aromatic heterocycles. The summed E-state index contributed by atoms with van der Waals surface area (Å²) < 4.78 is 32.8. The Hall–Kier alpha value is -2.48. The molecule has 0 atom stereocenters. The van der Waals surface area contributed by atoms with Gasteiger partial charge in [0.05, 0.1) is 11.7 Å². The highest BCUT2D eigenvalue weighted by atomic mass is 32.2. The van der Waals surface area contributed by atoms with E-state index in [4.69, 9.17) is 14.2 Å². The molecule has 1 saturated heterocycles. The number of hydrogen-bond acceptors (Lipinski definition) is 7. The molecule has 0 radical (unpaired) electrons. The number of likely N-dealkylation sites (tertiary alicyclic amines) is 1. The van der Waals surface area contributed by atoms with Crippen molar-refractivity contribution in [3.05, 3.63) is 47.9 Å². The Morgan fingerprint density at radius 1 is 1.17 bits per heavy atom. The highest BCUT2D eigenvalue weighted by molar-refractivity contribution is 8.00. The summed E-state index contributed by atoms with van der Waals surface area (Å²) in [7, 11) is 0. The number of piperidine rings is 1. The number of ether oxygens (including phenoxy) is 3. The van der Waals surface area contributed by atoms with Crippen LogP contribution in [0.3, 0.4) is 0 Å². The zero-order valence-corrected chi connectivity index (χ0v) is 21.9. The van der Waals surface area contributed by atoms with Gasteiger partial charge in [-0.05, 0) is 64.3 Å². The van der Waals surface area contributed by atoms with E-state index in [0.717, 1.165) is 49.6 Å². The van der Waals surface area contributed by atoms with Crippen LogP contribution in [-0.4, -0.2) is 45.4 Å². The van der Waals surface area contributed by atoms with Gasteiger partial charge in [0.15, 0.2) is 17.4 Å². The van der Waals surface area contributed by atoms with E-state index in [1.165, 1.54) is 25.2 Å². The van der Waals surface area contributed by atoms with Gasteiger partial charge in [-0.25, -0.2) is 14.4 Å². The largest absolute Gasteiger partial charge is 0.477 e. The molecule has 4 rings (SSSR count). The molecule has 8 heteroatoms. The molecule has 2 aromatic rings. The van der Waals surface area contributed by atoms with Crippen molar-refractivity contribution in [1.29, 1.82) is 0 Å². The topological polar surface area (TPSA) is 56.7 Å². The maximum absolute atomic E-state index is 14.6. The van der Waals surface area contributed by atoms with E-state index < -0.39 is 0 Å². The standard InChI is InChI=1S/C27H36FN3O3S/c1-5-6-7-25(32-18(2)3)31-14-12-20(13-15-31)33-26-19(4)27(30-17-29-26)34-24-11-10-22(16-23(24)28)35-21-8-9-21/h7,10-11,16-18,20-21H,5-6,8-9,12-15H2,1-4H3/b25-7-. The van der Waals surface area contributed by atoms with Crippen molar-refractivity contribution in [3.63, 3.8) is 0 Å². The second-order valence-electron chi connectivity index (χ2n) is 9.42. The first kappa shape index (κ1) is 25.6. The lowest BCUT2D eigenvalue weighted by Gasteiger charge is -2.35. The van der Waals surface area contributed by atoms with Crippen molar-refractivity contribution in [3.8, 4) is 17.5 Å². The maximum Gasteiger partial charge on any atom is 0.229 e. The number of allylic oxidation sites excluding steroid dienone is 1. The van der Waals surface area contributed by atoms with E-state index >= 15 is 0 Å². The van der Waals surface area contributed by atoms with Gasteiger partial charge in [-0.1, -0.05) is 13.3 Å². The fourth-order valence-corrected chi connectivity index (χ4v) is 4.95. The van der Waals surface area contributed by atoms with Crippen LogP contribution < -0.4 is 9.47 Å². The monoisotopic (exact) mass is 501 g/mol. The van der Waals surface area contributed by atoms with Crippen LogP contribution in [0.1, 0.15) is 64.9 Å². The van der Waals surface area contributed by atoms with Crippen molar-refractivity contribution in [1.82, 2.24) is 14.9 Å². The van der Waals surface area contributed by atoms with Gasteiger partial charge in [-0.2, -0.15) is 0 Å². The first-order valence-corrected chi connectivity index (χ1v) is 13.5. The Labute approximate surface area is 212 Å². The maximum atomic E-state index is 14.6. The van der Waals surface area contributed by atoms with Crippen molar-refractivity contribution in [2.75, 3.05) is 13.1 Å². The highest BCUT2D eigenvalue weighted by Crippen LogP contribution is 2.40. The minimum atomic E-state index is -0.390. The zero-order valence-electron chi connectivity index (χ0n) is 21.1. The molecule has 2 heterocycles. The summed E-state index contributed by atoms with van der Waals surface area (Å²) in [5.41, 5.74) is 0.664. The molecular formula is C27H36FN3O3S. The van der Waals surface area contributed by atoms with E-state index in [-0.39, 0.29) is 23.8 Å². The number of unbranched alkanes of at least 4 members (excludes halogenated alkanes) is 1. The van der Waals surface area contributed by atoms with Crippen molar-refractivity contribution >= 4 is 11.8 Å². The molecular weight excluding hydrogens is 465 g/mol. The average molecular weight is 502 g/mol. The molecule has 1 aliphatic carbocycles. The smallest absolute Gasteiger partial charge is 0.229 e. The first-order valence-electron chi connectivity index (χ1n) is 12.7. The van der Waals surface area contributed by atoms with Crippen molar-refractivity contribution < 1.29 is 18.6 Å². The van der Waals surface area contributed by atoms with Gasteiger partial charge in [0, 0.05) is 36.1 Å². The van der Waals surface area contributed by atoms with Crippen molar-refractivity contribution in [2.45, 2.75) is 88.6 Å². The van der Waals surface area contributed by atoms with Gasteiger partial charge in [0.25, 0.3) is 0 Å². The molecule has 1 aliphatic heterocycles. The summed E-state index contributed by atoms with van der Waals surface area (Å²) in [6.07, 6.45) is 10.0. The molecule has 0 bridgehead atoms. The number of benzene rings is 1. The van der Waals surface area contributed by atoms with Gasteiger partial charge in [0.1, 0.15) is 12.4 Å². The van der Waals surface area contributed by atoms with Crippen LogP contribution in [-0.2, 0) is 4.74 Å². The number of rotatable bonds is 11. The Morgan fingerprint density at radius 3 is 2.57 bits per heavy atom. The third-order valence-corrected chi connectivity index (χ3v) is 7.26. The van der Waals surface area contributed by atoms with Gasteiger partial charge >= 0.3 is 0 Å². The minimum Gasteiger partial charge on any atom is -0.477 e. The van der Waals surface area contributed by atoms with Crippen LogP contribution >= 0.6 is 11.8 Å². The minimum absolute atomic E-state index is 0.0367. The number of aromatic nitrogens is 2. The number of thioether (sulfide) groups is 1. The summed E-state index contributed by atoms with van der Waals surface area (Å²) in [5, 5.41) is 0.624. The summed E-state index contributed by atoms with van der Waals surface area (Å²) in [4.78, 5) is 11.8. The molecule has 6 nitrogen and oxygen atoms in total. The lowest BCUT2D eigenvalue weighted by molar-refractivity contribution is 0.0354. The molecule has 35 heavy (non-hydrogen) atoms. The normalized spacial score (nSPS) is 17.1. The van der Waals surface area contributed by atoms with Crippen LogP contribution in [0.5, 0.6) is 17.5 Å². The van der Waals surface area contributed by atoms with Gasteiger partial charge in [0.2, 0.25) is 11.8 Å². The Balaban J connectivity index is 1.36. The van der Waals surface area contributed by atoms with Crippen LogP contribution in [0.4, 0.5) is 4.39 Å². The molecule has 1 aromatic carbocycles. The lowest BCUT2D eigenvalue weighted by Crippen LogP contribution is -2.39. The second-order valence-corrected chi connectivity index (χ2v) is 10.8. The third kappa shape index (κ3) is 7.26. The predicted octanol–water partition coefficient (Wildman–Crippen LogP) is 6.88. The molecule has 0 amide bonds. The molecule has 190 valence electrons. The molecule has 2 aliphatic rings. The van der Waals surface area contributed by atoms with E-state index in [2.05, 4.69) is 41.7 Å². The van der Waals surface area contributed by atoms with Crippen LogP contribution in [0.25, 0.3) is 0 Å². The molecule has 0 spiro atoms. The van der Waals surface area contributed by atoms with Crippen LogP contribution in [0.2, 0.25) is 0 Å².